The molecular formula is C96H104F4N28O12. The van der Waals surface area contributed by atoms with Crippen molar-refractivity contribution in [3.63, 3.8) is 0 Å². The van der Waals surface area contributed by atoms with E-state index in [1.54, 1.807) is 71.0 Å². The molecule has 4 saturated heterocycles. The first kappa shape index (κ1) is 92.1. The van der Waals surface area contributed by atoms with Crippen molar-refractivity contribution in [1.82, 2.24) is 118 Å². The first-order valence-electron chi connectivity index (χ1n) is 47.1. The van der Waals surface area contributed by atoms with Crippen LogP contribution >= 0.6 is 0 Å². The lowest BCUT2D eigenvalue weighted by Gasteiger charge is -2.32. The second-order valence-corrected chi connectivity index (χ2v) is 36.3. The lowest BCUT2D eigenvalue weighted by Crippen LogP contribution is -2.50. The van der Waals surface area contributed by atoms with Crippen LogP contribution in [0.25, 0.3) is 112 Å². The molecule has 16 aromatic heterocycles. The monoisotopic (exact) mass is 1920 g/mol. The molecule has 728 valence electrons. The molecule has 20 heterocycles. The van der Waals surface area contributed by atoms with Gasteiger partial charge in [0, 0.05) is 172 Å². The van der Waals surface area contributed by atoms with Crippen molar-refractivity contribution in [1.29, 1.82) is 0 Å². The molecule has 40 nitrogen and oxygen atoms in total. The average Bonchev–Trinajstić information content (AvgIpc) is 1.60. The number of pyridine rings is 4. The van der Waals surface area contributed by atoms with Gasteiger partial charge in [-0.2, -0.15) is 38.5 Å². The molecule has 0 aromatic carbocycles. The first-order chi connectivity index (χ1) is 68.2. The Balaban J connectivity index is 0.000000111. The van der Waals surface area contributed by atoms with Crippen LogP contribution in [0.4, 0.5) is 40.8 Å². The Morgan fingerprint density at radius 3 is 0.729 bits per heavy atom. The van der Waals surface area contributed by atoms with Crippen LogP contribution in [0.5, 0.6) is 0 Å². The minimum Gasteiger partial charge on any atom is -0.391 e. The van der Waals surface area contributed by atoms with Crippen molar-refractivity contribution in [2.24, 2.45) is 0 Å². The van der Waals surface area contributed by atoms with Gasteiger partial charge in [-0.05, 0) is 126 Å². The second-order valence-electron chi connectivity index (χ2n) is 36.3. The molecule has 16 aromatic rings. The summed E-state index contributed by atoms with van der Waals surface area (Å²) in [4.78, 5) is 89.3. The van der Waals surface area contributed by atoms with Crippen molar-refractivity contribution in [3.05, 3.63) is 169 Å². The number of ether oxygens (including phenoxy) is 4. The summed E-state index contributed by atoms with van der Waals surface area (Å²) in [5.41, 5.74) is 11.1. The number of carbonyl (C=O) groups is 4. The Kier molecular flexibility index (Phi) is 25.5. The summed E-state index contributed by atoms with van der Waals surface area (Å²) in [5, 5.41) is 84.2. The predicted octanol–water partition coefficient (Wildman–Crippen LogP) is 9.36. The van der Waals surface area contributed by atoms with Gasteiger partial charge in [-0.1, -0.05) is 0 Å². The van der Waals surface area contributed by atoms with Gasteiger partial charge < -0.3 is 100 Å². The first-order valence-corrected chi connectivity index (χ1v) is 47.1. The molecule has 4 aliphatic heterocycles. The van der Waals surface area contributed by atoms with E-state index in [1.807, 2.05) is 116 Å². The van der Waals surface area contributed by atoms with E-state index in [-0.39, 0.29) is 98.4 Å². The standard InChI is InChI=1S/4C24H26FN7O3/c4*1-26-21-9-18(29-23-14(10-28-32(21)23)24(34)30-17-4-5-20(17)33)15-11-31(19-6-8-35-12-16(19)25)22-13(15)3-2-7-27-22/h4*2-3,7,9-11,16-17,19-20,26,33H,4-6,8,12H2,1H3,(H,30,34)/t16-,17?,19?,20-;16-,17?,19-,20+;16-,17?,19-,20-;16-,17+,19+,20-/m1010/s1. The number of halogens is 4. The molecule has 4 aliphatic carbocycles. The number of hydrogen-bond donors (Lipinski definition) is 12. The van der Waals surface area contributed by atoms with E-state index >= 15 is 0 Å². The zero-order valence-electron chi connectivity index (χ0n) is 76.7. The molecule has 12 N–H and O–H groups in total. The molecule has 44 heteroatoms. The van der Waals surface area contributed by atoms with Gasteiger partial charge >= 0.3 is 0 Å². The number of anilines is 4. The van der Waals surface area contributed by atoms with Crippen molar-refractivity contribution >= 4 is 114 Å². The maximum absolute atomic E-state index is 14.8. The zero-order chi connectivity index (χ0) is 96.4. The highest BCUT2D eigenvalue weighted by Gasteiger charge is 2.40. The fourth-order valence-corrected chi connectivity index (χ4v) is 19.5. The zero-order valence-corrected chi connectivity index (χ0v) is 76.7. The SMILES string of the molecule is CNc1cc(-c2cn(C3CCOC[C@H]3F)c3ncccc23)nc2c(C(=O)NC3CC[C@H]3O)cnn12.CNc1cc(-c2cn([C@@H]3CCOC[C@@H]3F)c3ncccc23)nc2c(C(=O)N[C@@H]3CC[C@@H]3O)cnn12.CNc1cc(-c2cn([C@@H]3CCOC[C@H]3F)c3ncccc23)nc2c(C(=O)NC3CC[C@H]3O)cnn12.CNc1cc(-c2cn([C@H]3CCOC[C@@H]3F)c3ncccc23)nc2c(C(=O)NC3CC[C@H]3O)cnn12. The van der Waals surface area contributed by atoms with Crippen LogP contribution in [0.2, 0.25) is 0 Å². The molecular weight excluding hydrogens is 1810 g/mol. The summed E-state index contributed by atoms with van der Waals surface area (Å²) in [6.07, 6.45) is 21.5. The molecule has 8 aliphatic rings. The summed E-state index contributed by atoms with van der Waals surface area (Å²) < 4.78 is 94.2. The van der Waals surface area contributed by atoms with E-state index in [4.69, 9.17) is 38.9 Å². The average molecular weight is 1920 g/mol. The van der Waals surface area contributed by atoms with Gasteiger partial charge in [-0.15, -0.1) is 0 Å². The Labute approximate surface area is 795 Å². The third-order valence-corrected chi connectivity index (χ3v) is 28.0. The van der Waals surface area contributed by atoms with Crippen molar-refractivity contribution in [3.8, 4) is 45.0 Å². The van der Waals surface area contributed by atoms with E-state index in [0.717, 1.165) is 69.5 Å². The van der Waals surface area contributed by atoms with Crippen LogP contribution in [-0.2, 0) is 18.9 Å². The van der Waals surface area contributed by atoms with Gasteiger partial charge in [-0.25, -0.2) is 57.4 Å². The van der Waals surface area contributed by atoms with Crippen molar-refractivity contribution < 1.29 is 76.1 Å². The van der Waals surface area contributed by atoms with Crippen LogP contribution in [0.3, 0.4) is 0 Å². The Morgan fingerprint density at radius 2 is 0.543 bits per heavy atom. The minimum absolute atomic E-state index is 0.0601. The highest BCUT2D eigenvalue weighted by molar-refractivity contribution is 6.05. The molecule has 16 atom stereocenters. The summed E-state index contributed by atoms with van der Waals surface area (Å²) in [7, 11) is 7.08. The van der Waals surface area contributed by atoms with E-state index < -0.39 is 49.1 Å². The fraction of sp³-hybridized carbons (Fsp3) is 0.417. The third kappa shape index (κ3) is 17.1. The molecule has 24 rings (SSSR count). The van der Waals surface area contributed by atoms with Crippen LogP contribution < -0.4 is 42.5 Å². The number of hydrogen-bond acceptors (Lipinski definition) is 28. The minimum atomic E-state index is -1.13. The third-order valence-electron chi connectivity index (χ3n) is 28.0. The topological polar surface area (TPSA) is 474 Å². The number of fused-ring (bicyclic) bond motifs is 8. The maximum Gasteiger partial charge on any atom is 0.257 e. The molecule has 4 amide bonds. The van der Waals surface area contributed by atoms with Gasteiger partial charge in [0.05, 0.1) is 147 Å². The largest absolute Gasteiger partial charge is 0.391 e. The number of nitrogens with one attached hydrogen (secondary N) is 8. The molecule has 8 fully saturated rings. The molecule has 4 unspecified atom stereocenters. The lowest BCUT2D eigenvalue weighted by molar-refractivity contribution is 0.00443. The highest BCUT2D eigenvalue weighted by atomic mass is 19.1. The summed E-state index contributed by atoms with van der Waals surface area (Å²) in [6, 6.07) is 19.9. The summed E-state index contributed by atoms with van der Waals surface area (Å²) >= 11 is 0. The van der Waals surface area contributed by atoms with Gasteiger partial charge in [-0.3, -0.25) is 19.2 Å². The summed E-state index contributed by atoms with van der Waals surface area (Å²) in [5.74, 6) is 1.26. The number of aromatic nitrogens is 20. The van der Waals surface area contributed by atoms with E-state index in [0.29, 0.717) is 191 Å². The van der Waals surface area contributed by atoms with Gasteiger partial charge in [0.2, 0.25) is 0 Å². The van der Waals surface area contributed by atoms with Gasteiger partial charge in [0.15, 0.2) is 22.6 Å². The number of aliphatic hydroxyl groups is 4. The maximum atomic E-state index is 14.8. The van der Waals surface area contributed by atoms with E-state index in [1.165, 1.54) is 24.8 Å². The van der Waals surface area contributed by atoms with E-state index in [9.17, 15) is 57.2 Å². The normalized spacial score (nSPS) is 24.4. The number of aliphatic hydroxyl groups excluding tert-OH is 4. The Hall–Kier alpha value is -14.3. The second kappa shape index (κ2) is 38.8. The summed E-state index contributed by atoms with van der Waals surface area (Å²) in [6.45, 7) is 2.20. The van der Waals surface area contributed by atoms with Crippen LogP contribution in [0.15, 0.2) is 147 Å². The number of rotatable bonds is 20. The Bertz CT molecular complexity index is 6520. The Morgan fingerprint density at radius 1 is 0.321 bits per heavy atom. The molecule has 0 bridgehead atoms. The molecule has 0 radical (unpaired) electrons. The lowest BCUT2D eigenvalue weighted by atomic mass is 9.89. The van der Waals surface area contributed by atoms with Crippen molar-refractivity contribution in [2.45, 2.75) is 174 Å². The number of amides is 4. The number of nitrogens with zero attached hydrogens (tertiary/aromatic N) is 20. The molecule has 0 spiro atoms. The molecule has 4 saturated carbocycles. The van der Waals surface area contributed by atoms with E-state index in [2.05, 4.69) is 82.9 Å². The predicted molar refractivity (Wildman–Crippen MR) is 508 cm³/mol. The van der Waals surface area contributed by atoms with Gasteiger partial charge in [0.1, 0.15) is 92.8 Å². The fourth-order valence-electron chi connectivity index (χ4n) is 19.5. The van der Waals surface area contributed by atoms with Gasteiger partial charge in [0.25, 0.3) is 23.6 Å². The van der Waals surface area contributed by atoms with Crippen LogP contribution in [0.1, 0.15) is 143 Å². The number of carbonyl (C=O) groups excluding carboxylic acids is 4. The van der Waals surface area contributed by atoms with Crippen LogP contribution in [-0.4, -0.2) is 295 Å². The van der Waals surface area contributed by atoms with Crippen molar-refractivity contribution in [2.75, 3.05) is 102 Å². The highest BCUT2D eigenvalue weighted by Crippen LogP contribution is 2.43. The van der Waals surface area contributed by atoms with Crippen LogP contribution in [0, 0.1) is 0 Å². The number of alkyl halides is 4. The molecule has 140 heavy (non-hydrogen) atoms. The smallest absolute Gasteiger partial charge is 0.257 e. The quantitative estimate of drug-likeness (QED) is 0.0316.